The van der Waals surface area contributed by atoms with Gasteiger partial charge in [-0.25, -0.2) is 0 Å². The molecule has 2 N–H and O–H groups in total. The summed E-state index contributed by atoms with van der Waals surface area (Å²) in [7, 11) is 0. The lowest BCUT2D eigenvalue weighted by molar-refractivity contribution is -1.03. The molecule has 1 saturated heterocycles. The maximum atomic E-state index is 3.58. The monoisotopic (exact) mass is 352 g/mol. The number of benzene rings is 1. The van der Waals surface area contributed by atoms with E-state index in [9.17, 15) is 0 Å². The van der Waals surface area contributed by atoms with Crippen LogP contribution in [0.5, 0.6) is 0 Å². The van der Waals surface area contributed by atoms with Gasteiger partial charge >= 0.3 is 0 Å². The molecule has 1 saturated carbocycles. The van der Waals surface area contributed by atoms with Crippen LogP contribution in [0.4, 0.5) is 0 Å². The Morgan fingerprint density at radius 2 is 1.95 bits per heavy atom. The van der Waals surface area contributed by atoms with Gasteiger partial charge in [-0.3, -0.25) is 0 Å². The summed E-state index contributed by atoms with van der Waals surface area (Å²) in [4.78, 5) is 3.67. The van der Waals surface area contributed by atoms with Gasteiger partial charge < -0.3 is 9.80 Å². The highest BCUT2D eigenvalue weighted by molar-refractivity contribution is 9.10. The summed E-state index contributed by atoms with van der Waals surface area (Å²) in [6.45, 7) is 9.06. The third kappa shape index (κ3) is 4.30. The van der Waals surface area contributed by atoms with Crippen LogP contribution in [0, 0.1) is 5.92 Å². The summed E-state index contributed by atoms with van der Waals surface area (Å²) in [5, 5.41) is 0. The summed E-state index contributed by atoms with van der Waals surface area (Å²) < 4.78 is 1.21. The molecule has 2 fully saturated rings. The molecule has 116 valence electrons. The molecule has 0 spiro atoms. The van der Waals surface area contributed by atoms with Gasteiger partial charge in [-0.05, 0) is 30.9 Å². The van der Waals surface area contributed by atoms with E-state index < -0.39 is 0 Å². The zero-order valence-corrected chi connectivity index (χ0v) is 14.8. The largest absolute Gasteiger partial charge is 0.323 e. The van der Waals surface area contributed by atoms with Crippen molar-refractivity contribution < 1.29 is 9.80 Å². The maximum Gasteiger partial charge on any atom is 0.127 e. The Morgan fingerprint density at radius 1 is 1.14 bits per heavy atom. The van der Waals surface area contributed by atoms with Gasteiger partial charge in [0.1, 0.15) is 32.7 Å². The van der Waals surface area contributed by atoms with E-state index in [4.69, 9.17) is 0 Å². The molecule has 2 aliphatic rings. The van der Waals surface area contributed by atoms with Gasteiger partial charge in [0.2, 0.25) is 0 Å². The number of hydrogen-bond acceptors (Lipinski definition) is 0. The third-order valence-electron chi connectivity index (χ3n) is 5.46. The van der Waals surface area contributed by atoms with Gasteiger partial charge in [0.05, 0.1) is 6.04 Å². The predicted octanol–water partition coefficient (Wildman–Crippen LogP) is 1.31. The molecule has 0 bridgehead atoms. The Morgan fingerprint density at radius 3 is 2.67 bits per heavy atom. The summed E-state index contributed by atoms with van der Waals surface area (Å²) >= 11 is 3.58. The molecule has 1 aliphatic heterocycles. The van der Waals surface area contributed by atoms with Crippen molar-refractivity contribution in [3.63, 3.8) is 0 Å². The first-order chi connectivity index (χ1) is 10.2. The van der Waals surface area contributed by atoms with Crippen LogP contribution in [0.3, 0.4) is 0 Å². The normalized spacial score (nSPS) is 33.8. The number of rotatable bonds is 3. The highest BCUT2D eigenvalue weighted by Gasteiger charge is 2.32. The zero-order valence-electron chi connectivity index (χ0n) is 13.2. The lowest BCUT2D eigenvalue weighted by Crippen LogP contribution is -3.29. The molecule has 21 heavy (non-hydrogen) atoms. The van der Waals surface area contributed by atoms with Gasteiger partial charge in [-0.2, -0.15) is 0 Å². The van der Waals surface area contributed by atoms with Crippen LogP contribution in [0.1, 0.15) is 38.2 Å². The Labute approximate surface area is 137 Å². The van der Waals surface area contributed by atoms with Crippen LogP contribution >= 0.6 is 15.9 Å². The molecule has 0 amide bonds. The lowest BCUT2D eigenvalue weighted by atomic mass is 9.86. The zero-order chi connectivity index (χ0) is 14.7. The van der Waals surface area contributed by atoms with Crippen molar-refractivity contribution in [3.8, 4) is 0 Å². The first-order valence-corrected chi connectivity index (χ1v) is 9.42. The molecule has 3 heteroatoms. The second kappa shape index (κ2) is 7.26. The number of hydrogen-bond donors (Lipinski definition) is 2. The minimum Gasteiger partial charge on any atom is -0.323 e. The summed E-state index contributed by atoms with van der Waals surface area (Å²) in [6.07, 6.45) is 5.87. The molecule has 1 aliphatic carbocycles. The van der Waals surface area contributed by atoms with Gasteiger partial charge in [0.25, 0.3) is 0 Å². The molecule has 3 rings (SSSR count). The maximum absolute atomic E-state index is 3.58. The molecular formula is C18H29BrN2+2. The van der Waals surface area contributed by atoms with Crippen molar-refractivity contribution >= 4 is 15.9 Å². The van der Waals surface area contributed by atoms with Gasteiger partial charge in [0, 0.05) is 16.5 Å². The SMILES string of the molecule is C[C@H]1CCC[C@H]([NH+]2CC[NH+](Cc3cccc(Br)c3)CC2)C1. The predicted molar refractivity (Wildman–Crippen MR) is 90.7 cm³/mol. The van der Waals surface area contributed by atoms with Gasteiger partial charge in [0.15, 0.2) is 0 Å². The molecule has 0 aromatic heterocycles. The van der Waals surface area contributed by atoms with Crippen molar-refractivity contribution in [1.29, 1.82) is 0 Å². The van der Waals surface area contributed by atoms with E-state index in [0.29, 0.717) is 0 Å². The summed E-state index contributed by atoms with van der Waals surface area (Å²) in [5.74, 6) is 0.961. The van der Waals surface area contributed by atoms with Gasteiger partial charge in [-0.15, -0.1) is 0 Å². The van der Waals surface area contributed by atoms with Crippen LogP contribution in [0.2, 0.25) is 0 Å². The molecule has 0 unspecified atom stereocenters. The smallest absolute Gasteiger partial charge is 0.127 e. The molecule has 1 aromatic carbocycles. The van der Waals surface area contributed by atoms with E-state index in [0.717, 1.165) is 12.0 Å². The van der Waals surface area contributed by atoms with E-state index in [-0.39, 0.29) is 0 Å². The number of nitrogens with one attached hydrogen (secondary N) is 2. The van der Waals surface area contributed by atoms with Gasteiger partial charge in [-0.1, -0.05) is 41.4 Å². The van der Waals surface area contributed by atoms with Crippen LogP contribution in [-0.2, 0) is 6.54 Å². The minimum atomic E-state index is 0.959. The standard InChI is InChI=1S/C18H27BrN2/c1-15-4-2-7-18(12-15)21-10-8-20(9-11-21)14-16-5-3-6-17(19)13-16/h3,5-6,13,15,18H,2,4,7-12,14H2,1H3/p+2/t15-,18-/m0/s1. The van der Waals surface area contributed by atoms with Crippen molar-refractivity contribution in [2.45, 2.75) is 45.2 Å². The van der Waals surface area contributed by atoms with Crippen LogP contribution in [0.15, 0.2) is 28.7 Å². The molecule has 2 atom stereocenters. The quantitative estimate of drug-likeness (QED) is 0.811. The highest BCUT2D eigenvalue weighted by Crippen LogP contribution is 2.21. The molecular weight excluding hydrogens is 324 g/mol. The third-order valence-corrected chi connectivity index (χ3v) is 5.95. The summed E-state index contributed by atoms with van der Waals surface area (Å²) in [5.41, 5.74) is 1.47. The van der Waals surface area contributed by atoms with Crippen molar-refractivity contribution in [1.82, 2.24) is 0 Å². The molecule has 2 nitrogen and oxygen atoms in total. The fraction of sp³-hybridized carbons (Fsp3) is 0.667. The van der Waals surface area contributed by atoms with E-state index in [2.05, 4.69) is 47.1 Å². The van der Waals surface area contributed by atoms with E-state index in [1.807, 2.05) is 4.90 Å². The second-order valence-corrected chi connectivity index (χ2v) is 8.10. The van der Waals surface area contributed by atoms with Crippen molar-refractivity contribution in [3.05, 3.63) is 34.3 Å². The van der Waals surface area contributed by atoms with Crippen LogP contribution in [-0.4, -0.2) is 32.2 Å². The average Bonchev–Trinajstić information content (AvgIpc) is 2.48. The summed E-state index contributed by atoms with van der Waals surface area (Å²) in [6, 6.07) is 9.77. The number of piperazine rings is 1. The van der Waals surface area contributed by atoms with Crippen LogP contribution in [0.25, 0.3) is 0 Å². The lowest BCUT2D eigenvalue weighted by Gasteiger charge is -2.37. The fourth-order valence-corrected chi connectivity index (χ4v) is 4.70. The molecule has 1 aromatic rings. The Kier molecular flexibility index (Phi) is 5.36. The first-order valence-electron chi connectivity index (χ1n) is 8.63. The Bertz CT molecular complexity index is 454. The molecule has 0 radical (unpaired) electrons. The fourth-order valence-electron chi connectivity index (χ4n) is 4.25. The van der Waals surface area contributed by atoms with Crippen molar-refractivity contribution in [2.75, 3.05) is 26.2 Å². The van der Waals surface area contributed by atoms with Crippen LogP contribution < -0.4 is 9.80 Å². The number of halogens is 1. The van der Waals surface area contributed by atoms with Crippen molar-refractivity contribution in [2.24, 2.45) is 5.92 Å². The second-order valence-electron chi connectivity index (χ2n) is 7.18. The van der Waals surface area contributed by atoms with E-state index >= 15 is 0 Å². The number of quaternary nitrogens is 2. The topological polar surface area (TPSA) is 8.88 Å². The van der Waals surface area contributed by atoms with E-state index in [1.54, 1.807) is 4.90 Å². The van der Waals surface area contributed by atoms with E-state index in [1.165, 1.54) is 68.4 Å². The Hall–Kier alpha value is -0.380. The highest BCUT2D eigenvalue weighted by atomic mass is 79.9. The molecule has 1 heterocycles. The minimum absolute atomic E-state index is 0.959. The first kappa shape index (κ1) is 15.5. The average molecular weight is 353 g/mol. The Balaban J connectivity index is 1.48.